The summed E-state index contributed by atoms with van der Waals surface area (Å²) < 4.78 is 0. The van der Waals surface area contributed by atoms with Gasteiger partial charge in [0.25, 0.3) is 0 Å². The van der Waals surface area contributed by atoms with E-state index in [1.807, 2.05) is 12.1 Å². The highest BCUT2D eigenvalue weighted by atomic mass is 16.6. The molecule has 2 aromatic rings. The van der Waals surface area contributed by atoms with Crippen molar-refractivity contribution in [3.05, 3.63) is 104 Å². The summed E-state index contributed by atoms with van der Waals surface area (Å²) in [5, 5.41) is 12.4. The lowest BCUT2D eigenvalue weighted by molar-refractivity contribution is -0.554. The molecule has 0 radical (unpaired) electrons. The fourth-order valence-corrected chi connectivity index (χ4v) is 4.58. The van der Waals surface area contributed by atoms with Gasteiger partial charge >= 0.3 is 5.54 Å². The highest BCUT2D eigenvalue weighted by Gasteiger charge is 2.64. The smallest absolute Gasteiger partial charge is 0.290 e. The Labute approximate surface area is 142 Å². The van der Waals surface area contributed by atoms with Crippen molar-refractivity contribution in [1.82, 2.24) is 0 Å². The average Bonchev–Trinajstić information content (AvgIpc) is 2.64. The number of nitrogens with zero attached hydrogens (tertiary/aromatic N) is 1. The van der Waals surface area contributed by atoms with Gasteiger partial charge in [0.15, 0.2) is 11.6 Å². The molecule has 0 heterocycles. The molecule has 0 amide bonds. The first kappa shape index (κ1) is 14.0. The molecule has 0 atom stereocenters. The van der Waals surface area contributed by atoms with Gasteiger partial charge < -0.3 is 0 Å². The lowest BCUT2D eigenvalue weighted by atomic mass is 9.55. The van der Waals surface area contributed by atoms with Gasteiger partial charge in [0.05, 0.1) is 5.57 Å². The number of nitro groups is 1. The molecule has 6 rings (SSSR count). The fraction of sp³-hybridized carbons (Fsp3) is 0.100. The van der Waals surface area contributed by atoms with Gasteiger partial charge in [-0.25, -0.2) is 0 Å². The molecule has 120 valence electrons. The monoisotopic (exact) mass is 329 g/mol. The van der Waals surface area contributed by atoms with Crippen molar-refractivity contribution in [3.8, 4) is 0 Å². The first-order valence-electron chi connectivity index (χ1n) is 7.93. The third-order valence-corrected chi connectivity index (χ3v) is 5.41. The largest absolute Gasteiger partial charge is 0.301 e. The number of ketones is 2. The first-order valence-corrected chi connectivity index (χ1v) is 7.93. The normalized spacial score (nSPS) is 25.5. The van der Waals surface area contributed by atoms with Crippen LogP contribution in [0, 0.1) is 10.1 Å². The summed E-state index contributed by atoms with van der Waals surface area (Å²) in [6, 6.07) is 14.1. The van der Waals surface area contributed by atoms with Crippen LogP contribution in [0.3, 0.4) is 0 Å². The molecule has 2 aromatic carbocycles. The van der Waals surface area contributed by atoms with Crippen LogP contribution >= 0.6 is 0 Å². The SMILES string of the molecule is O=C1C=CC(=O)C2=C1C1c3ccccc3C2([N+](=O)[O-])c2ccccc21. The van der Waals surface area contributed by atoms with Crippen LogP contribution in [-0.2, 0) is 15.1 Å². The van der Waals surface area contributed by atoms with E-state index in [0.717, 1.165) is 17.2 Å². The molecule has 0 N–H and O–H groups in total. The van der Waals surface area contributed by atoms with Crippen LogP contribution in [0.2, 0.25) is 0 Å². The Kier molecular flexibility index (Phi) is 2.46. The van der Waals surface area contributed by atoms with E-state index in [1.54, 1.807) is 36.4 Å². The number of benzene rings is 2. The lowest BCUT2D eigenvalue weighted by Gasteiger charge is -2.45. The van der Waals surface area contributed by atoms with Crippen LogP contribution in [0.15, 0.2) is 71.8 Å². The molecule has 4 aliphatic carbocycles. The molecule has 0 saturated heterocycles. The second kappa shape index (κ2) is 4.39. The molecule has 0 unspecified atom stereocenters. The van der Waals surface area contributed by atoms with Crippen LogP contribution < -0.4 is 0 Å². The van der Waals surface area contributed by atoms with E-state index in [4.69, 9.17) is 0 Å². The van der Waals surface area contributed by atoms with Crippen molar-refractivity contribution in [2.75, 3.05) is 0 Å². The summed E-state index contributed by atoms with van der Waals surface area (Å²) in [4.78, 5) is 37.4. The van der Waals surface area contributed by atoms with Crippen molar-refractivity contribution >= 4 is 11.6 Å². The van der Waals surface area contributed by atoms with E-state index in [2.05, 4.69) is 0 Å². The van der Waals surface area contributed by atoms with Gasteiger partial charge in [-0.05, 0) is 23.3 Å². The summed E-state index contributed by atoms with van der Waals surface area (Å²) in [6.45, 7) is 0. The molecule has 0 aromatic heterocycles. The highest BCUT2D eigenvalue weighted by Crippen LogP contribution is 2.59. The minimum absolute atomic E-state index is 0.00685. The second-order valence-electron chi connectivity index (χ2n) is 6.43. The Hall–Kier alpha value is -3.34. The van der Waals surface area contributed by atoms with Crippen LogP contribution in [0.5, 0.6) is 0 Å². The minimum atomic E-state index is -1.82. The van der Waals surface area contributed by atoms with Crippen LogP contribution in [-0.4, -0.2) is 16.5 Å². The maximum absolute atomic E-state index is 12.7. The third-order valence-electron chi connectivity index (χ3n) is 5.41. The van der Waals surface area contributed by atoms with Gasteiger partial charge in [-0.1, -0.05) is 48.5 Å². The molecule has 2 bridgehead atoms. The van der Waals surface area contributed by atoms with Crippen molar-refractivity contribution in [3.63, 3.8) is 0 Å². The summed E-state index contributed by atoms with van der Waals surface area (Å²) in [7, 11) is 0. The number of hydrogen-bond donors (Lipinski definition) is 0. The Morgan fingerprint density at radius 2 is 1.36 bits per heavy atom. The number of carbonyl (C=O) groups excluding carboxylic acids is 2. The number of rotatable bonds is 1. The summed E-state index contributed by atoms with van der Waals surface area (Å²) in [6.07, 6.45) is 2.37. The Morgan fingerprint density at radius 3 is 1.92 bits per heavy atom. The molecule has 0 spiro atoms. The van der Waals surface area contributed by atoms with Crippen LogP contribution in [0.1, 0.15) is 28.2 Å². The number of allylic oxidation sites excluding steroid dienone is 3. The average molecular weight is 329 g/mol. The fourth-order valence-electron chi connectivity index (χ4n) is 4.58. The van der Waals surface area contributed by atoms with E-state index < -0.39 is 22.2 Å². The zero-order valence-electron chi connectivity index (χ0n) is 12.9. The van der Waals surface area contributed by atoms with Gasteiger partial charge in [0.2, 0.25) is 0 Å². The highest BCUT2D eigenvalue weighted by molar-refractivity contribution is 6.23. The minimum Gasteiger partial charge on any atom is -0.290 e. The Balaban J connectivity index is 2.03. The van der Waals surface area contributed by atoms with E-state index in [0.29, 0.717) is 11.1 Å². The topological polar surface area (TPSA) is 77.3 Å². The van der Waals surface area contributed by atoms with Gasteiger partial charge in [-0.15, -0.1) is 0 Å². The van der Waals surface area contributed by atoms with E-state index in [-0.39, 0.29) is 16.9 Å². The summed E-state index contributed by atoms with van der Waals surface area (Å²) >= 11 is 0. The predicted molar refractivity (Wildman–Crippen MR) is 88.7 cm³/mol. The molecule has 4 aliphatic rings. The van der Waals surface area contributed by atoms with Crippen molar-refractivity contribution in [2.24, 2.45) is 0 Å². The van der Waals surface area contributed by atoms with Gasteiger partial charge in [0.1, 0.15) is 0 Å². The molecule has 5 nitrogen and oxygen atoms in total. The van der Waals surface area contributed by atoms with Crippen LogP contribution in [0.25, 0.3) is 0 Å². The number of hydrogen-bond acceptors (Lipinski definition) is 4. The zero-order chi connectivity index (χ0) is 17.3. The maximum atomic E-state index is 12.7. The predicted octanol–water partition coefficient (Wildman–Crippen LogP) is 2.67. The summed E-state index contributed by atoms with van der Waals surface area (Å²) in [5.74, 6) is -1.22. The van der Waals surface area contributed by atoms with Crippen molar-refractivity contribution in [1.29, 1.82) is 0 Å². The molecule has 5 heteroatoms. The zero-order valence-corrected chi connectivity index (χ0v) is 12.9. The molecule has 0 fully saturated rings. The molecule has 0 aliphatic heterocycles. The number of carbonyl (C=O) groups is 2. The van der Waals surface area contributed by atoms with E-state index >= 15 is 0 Å². The maximum Gasteiger partial charge on any atom is 0.301 e. The Bertz CT molecular complexity index is 1030. The van der Waals surface area contributed by atoms with Crippen molar-refractivity contribution < 1.29 is 14.5 Å². The third kappa shape index (κ3) is 1.40. The van der Waals surface area contributed by atoms with Crippen LogP contribution in [0.4, 0.5) is 0 Å². The molecular weight excluding hydrogens is 318 g/mol. The van der Waals surface area contributed by atoms with Crippen molar-refractivity contribution in [2.45, 2.75) is 11.5 Å². The molecule has 25 heavy (non-hydrogen) atoms. The van der Waals surface area contributed by atoms with Gasteiger partial charge in [-0.3, -0.25) is 19.7 Å². The van der Waals surface area contributed by atoms with E-state index in [9.17, 15) is 19.7 Å². The molecular formula is C20H11NO4. The molecule has 0 saturated carbocycles. The standard InChI is InChI=1S/C20H11NO4/c22-15-9-10-16(23)19-18(15)17-11-5-1-3-7-13(11)20(19,21(24)25)14-8-4-2-6-12(14)17/h1-10,17H. The Morgan fingerprint density at radius 1 is 0.840 bits per heavy atom. The lowest BCUT2D eigenvalue weighted by Crippen LogP contribution is -2.51. The first-order chi connectivity index (χ1) is 12.1. The second-order valence-corrected chi connectivity index (χ2v) is 6.43. The van der Waals surface area contributed by atoms with Gasteiger partial charge in [-0.2, -0.15) is 0 Å². The van der Waals surface area contributed by atoms with E-state index in [1.165, 1.54) is 6.08 Å². The quantitative estimate of drug-likeness (QED) is 0.458. The van der Waals surface area contributed by atoms with Gasteiger partial charge in [0, 0.05) is 27.5 Å². The summed E-state index contributed by atoms with van der Waals surface area (Å²) in [5.41, 5.74) is 0.863.